The van der Waals surface area contributed by atoms with Gasteiger partial charge in [0.05, 0.1) is 0 Å². The summed E-state index contributed by atoms with van der Waals surface area (Å²) in [6, 6.07) is -0.983. The second-order valence-electron chi connectivity index (χ2n) is 7.30. The van der Waals surface area contributed by atoms with Crippen LogP contribution in [-0.2, 0) is 26.3 Å². The van der Waals surface area contributed by atoms with Gasteiger partial charge in [-0.1, -0.05) is 0 Å². The van der Waals surface area contributed by atoms with E-state index in [2.05, 4.69) is 25.5 Å². The van der Waals surface area contributed by atoms with Gasteiger partial charge in [-0.15, -0.1) is 0 Å². The SMILES string of the molecule is CO/N=C(\C(=O)N[C@@H]1C(=O)N2C(C(=O)O)=C(CSc3nc(=O)c(=O)[nH]n3C)CS[C@H]12)c1c[se]c(N)n1. The van der Waals surface area contributed by atoms with Gasteiger partial charge in [0.1, 0.15) is 0 Å². The number of nitrogen functional groups attached to an aromatic ring is 1. The molecule has 0 aliphatic carbocycles. The van der Waals surface area contributed by atoms with E-state index in [1.807, 2.05) is 0 Å². The molecule has 2 aromatic rings. The first kappa shape index (κ1) is 25.7. The quantitative estimate of drug-likeness (QED) is 0.0611. The molecule has 1 saturated heterocycles. The van der Waals surface area contributed by atoms with E-state index in [1.165, 1.54) is 30.6 Å². The summed E-state index contributed by atoms with van der Waals surface area (Å²) in [6.07, 6.45) is 0. The number of anilines is 1. The van der Waals surface area contributed by atoms with Crippen LogP contribution in [-0.4, -0.2) is 97.8 Å². The van der Waals surface area contributed by atoms with E-state index < -0.39 is 40.3 Å². The van der Waals surface area contributed by atoms with E-state index in [-0.39, 0.29) is 48.3 Å². The summed E-state index contributed by atoms with van der Waals surface area (Å²) in [5.74, 6) is -2.25. The van der Waals surface area contributed by atoms with Crippen molar-refractivity contribution in [1.29, 1.82) is 0 Å². The Morgan fingerprint density at radius 1 is 1.42 bits per heavy atom. The van der Waals surface area contributed by atoms with E-state index in [0.717, 1.165) is 16.7 Å². The van der Waals surface area contributed by atoms with Crippen LogP contribution in [0.3, 0.4) is 0 Å². The molecule has 18 heteroatoms. The van der Waals surface area contributed by atoms with Gasteiger partial charge in [-0.05, 0) is 0 Å². The fourth-order valence-corrected chi connectivity index (χ4v) is 6.99. The average Bonchev–Trinajstić information content (AvgIpc) is 3.27. The molecule has 190 valence electrons. The van der Waals surface area contributed by atoms with E-state index in [0.29, 0.717) is 10.3 Å². The van der Waals surface area contributed by atoms with Gasteiger partial charge in [0, 0.05) is 7.05 Å². The molecule has 15 nitrogen and oxygen atoms in total. The Balaban J connectivity index is 1.51. The van der Waals surface area contributed by atoms with Crippen molar-refractivity contribution >= 4 is 66.2 Å². The third-order valence-corrected chi connectivity index (χ3v) is 8.89. The van der Waals surface area contributed by atoms with Crippen molar-refractivity contribution in [2.24, 2.45) is 12.2 Å². The van der Waals surface area contributed by atoms with Crippen LogP contribution in [0, 0.1) is 0 Å². The molecule has 36 heavy (non-hydrogen) atoms. The molecule has 0 unspecified atom stereocenters. The van der Waals surface area contributed by atoms with E-state index in [9.17, 15) is 29.1 Å². The maximum atomic E-state index is 12.9. The Morgan fingerprint density at radius 3 is 2.81 bits per heavy atom. The van der Waals surface area contributed by atoms with Crippen molar-refractivity contribution in [2.75, 3.05) is 24.3 Å². The van der Waals surface area contributed by atoms with E-state index in [1.54, 1.807) is 4.94 Å². The zero-order chi connectivity index (χ0) is 26.1. The van der Waals surface area contributed by atoms with Crippen LogP contribution in [0.25, 0.3) is 0 Å². The molecule has 2 atom stereocenters. The van der Waals surface area contributed by atoms with Gasteiger partial charge >= 0.3 is 180 Å². The molecule has 0 saturated carbocycles. The number of carboxylic acid groups (broad SMARTS) is 1. The third kappa shape index (κ3) is 4.84. The van der Waals surface area contributed by atoms with Crippen LogP contribution in [0.15, 0.2) is 36.1 Å². The van der Waals surface area contributed by atoms with Gasteiger partial charge in [-0.2, -0.15) is 4.98 Å². The standard InChI is InChI=1S/C18H18N8O7S2Se/c1-25-18(22-12(28)13(29)23-25)35-4-6-3-34-15-9(14(30)26(15)10(6)16(31)32)21-11(27)8(24-33-2)7-5-36-17(19)20-7/h5,9,15H,3-4H2,1-2H3,(H2,19,20)(H,21,27)(H,23,29)(H,31,32)/b24-8-/t9-,15-/m1/s1. The number of thioether (sulfide) groups is 2. The number of aromatic nitrogens is 4. The van der Waals surface area contributed by atoms with Crippen LogP contribution in [0.4, 0.5) is 4.69 Å². The van der Waals surface area contributed by atoms with Gasteiger partial charge in [-0.3, -0.25) is 19.4 Å². The van der Waals surface area contributed by atoms with E-state index in [4.69, 9.17) is 10.6 Å². The predicted octanol–water partition coefficient (Wildman–Crippen LogP) is -2.62. The van der Waals surface area contributed by atoms with Crippen molar-refractivity contribution in [3.8, 4) is 0 Å². The Labute approximate surface area is 215 Å². The molecule has 4 heterocycles. The van der Waals surface area contributed by atoms with Crippen LogP contribution in [0.5, 0.6) is 0 Å². The number of β-lactam (4-membered cyclic amide) rings is 1. The average molecular weight is 601 g/mol. The van der Waals surface area contributed by atoms with Gasteiger partial charge in [0.15, 0.2) is 5.16 Å². The number of oxime groups is 1. The van der Waals surface area contributed by atoms with Crippen LogP contribution in [0.1, 0.15) is 5.69 Å². The first-order chi connectivity index (χ1) is 17.1. The molecule has 2 aromatic heterocycles. The van der Waals surface area contributed by atoms with Crippen molar-refractivity contribution in [3.63, 3.8) is 0 Å². The monoisotopic (exact) mass is 602 g/mol. The molecular weight excluding hydrogens is 583 g/mol. The van der Waals surface area contributed by atoms with Crippen molar-refractivity contribution in [1.82, 2.24) is 30.0 Å². The molecule has 0 radical (unpaired) electrons. The molecule has 5 N–H and O–H groups in total. The summed E-state index contributed by atoms with van der Waals surface area (Å²) in [4.78, 5) is 76.0. The molecular formula is C18H18N8O7S2Se. The molecule has 4 rings (SSSR count). The molecule has 0 bridgehead atoms. The van der Waals surface area contributed by atoms with Crippen molar-refractivity contribution in [2.45, 2.75) is 16.6 Å². The second kappa shape index (κ2) is 10.3. The second-order valence-corrected chi connectivity index (χ2v) is 11.2. The van der Waals surface area contributed by atoms with Crippen LogP contribution < -0.4 is 22.2 Å². The number of amides is 2. The molecule has 0 spiro atoms. The number of carbonyl (C=O) groups is 3. The fourth-order valence-electron chi connectivity index (χ4n) is 3.44. The number of nitrogens with two attached hydrogens (primary N) is 1. The number of aliphatic carboxylic acids is 1. The maximum absolute atomic E-state index is 12.9. The van der Waals surface area contributed by atoms with Crippen LogP contribution >= 0.6 is 23.5 Å². The number of fused-ring (bicyclic) bond motifs is 1. The molecule has 2 aliphatic rings. The number of hydrogen-bond acceptors (Lipinski definition) is 12. The number of H-pyrrole nitrogens is 1. The number of rotatable bonds is 8. The Morgan fingerprint density at radius 2 is 2.17 bits per heavy atom. The molecule has 1 fully saturated rings. The number of aromatic amines is 1. The number of carbonyl (C=O) groups excluding carboxylic acids is 2. The van der Waals surface area contributed by atoms with Crippen LogP contribution in [0.2, 0.25) is 0 Å². The number of nitrogens with one attached hydrogen (secondary N) is 2. The zero-order valence-electron chi connectivity index (χ0n) is 18.6. The van der Waals surface area contributed by atoms with E-state index >= 15 is 0 Å². The van der Waals surface area contributed by atoms with Gasteiger partial charge in [-0.25, -0.2) is 0 Å². The predicted molar refractivity (Wildman–Crippen MR) is 130 cm³/mol. The minimum absolute atomic E-state index is 0.106. The summed E-state index contributed by atoms with van der Waals surface area (Å²) < 4.78 is 1.62. The molecule has 2 amide bonds. The summed E-state index contributed by atoms with van der Waals surface area (Å²) >= 11 is 2.10. The number of carboxylic acids is 1. The van der Waals surface area contributed by atoms with Gasteiger partial charge in [0.25, 0.3) is 0 Å². The fraction of sp³-hybridized carbons (Fsp3) is 0.333. The number of hydrogen-bond donors (Lipinski definition) is 4. The zero-order valence-corrected chi connectivity index (χ0v) is 21.9. The first-order valence-electron chi connectivity index (χ1n) is 9.96. The minimum atomic E-state index is -1.30. The first-order valence-corrected chi connectivity index (χ1v) is 13.8. The molecule has 2 aliphatic heterocycles. The Bertz CT molecular complexity index is 1430. The van der Waals surface area contributed by atoms with Crippen molar-refractivity contribution < 1.29 is 24.3 Å². The Hall–Kier alpha value is -3.34. The van der Waals surface area contributed by atoms with Gasteiger partial charge in [0.2, 0.25) is 0 Å². The number of aryl methyl sites for hydroxylation is 1. The normalized spacial score (nSPS) is 19.6. The summed E-state index contributed by atoms with van der Waals surface area (Å²) in [6.45, 7) is 0. The van der Waals surface area contributed by atoms with Crippen molar-refractivity contribution in [3.05, 3.63) is 42.6 Å². The number of nitrogens with zero attached hydrogens (tertiary/aromatic N) is 5. The van der Waals surface area contributed by atoms with Gasteiger partial charge < -0.3 is 0 Å². The third-order valence-electron chi connectivity index (χ3n) is 5.02. The molecule has 0 aromatic carbocycles. The summed E-state index contributed by atoms with van der Waals surface area (Å²) in [5.41, 5.74) is 4.18. The topological polar surface area (TPSA) is 215 Å². The Kier molecular flexibility index (Phi) is 7.39. The summed E-state index contributed by atoms with van der Waals surface area (Å²) in [7, 11) is 2.75. The summed E-state index contributed by atoms with van der Waals surface area (Å²) in [5, 5.41) is 18.0.